The van der Waals surface area contributed by atoms with Crippen molar-refractivity contribution in [3.8, 4) is 16.9 Å². The summed E-state index contributed by atoms with van der Waals surface area (Å²) in [6.07, 6.45) is 12.6. The average molecular weight is 352 g/mol. The van der Waals surface area contributed by atoms with Crippen LogP contribution in [0.15, 0.2) is 60.7 Å². The SMILES string of the molecule is CCCC1CCC(C=CCOc2ccc(-c3ccc(F)cc3)cc2)CC1. The van der Waals surface area contributed by atoms with Crippen LogP contribution >= 0.6 is 0 Å². The summed E-state index contributed by atoms with van der Waals surface area (Å²) in [7, 11) is 0. The fraction of sp³-hybridized carbons (Fsp3) is 0.417. The molecule has 0 aromatic heterocycles. The minimum absolute atomic E-state index is 0.209. The summed E-state index contributed by atoms with van der Waals surface area (Å²) in [5, 5.41) is 0. The predicted octanol–water partition coefficient (Wildman–Crippen LogP) is 7.03. The van der Waals surface area contributed by atoms with Gasteiger partial charge in [0, 0.05) is 0 Å². The molecule has 0 saturated heterocycles. The van der Waals surface area contributed by atoms with E-state index in [1.807, 2.05) is 24.3 Å². The van der Waals surface area contributed by atoms with E-state index < -0.39 is 0 Å². The zero-order chi connectivity index (χ0) is 18.2. The molecule has 0 N–H and O–H groups in total. The largest absolute Gasteiger partial charge is 0.490 e. The van der Waals surface area contributed by atoms with Gasteiger partial charge in [-0.05, 0) is 72.9 Å². The van der Waals surface area contributed by atoms with Crippen LogP contribution in [0.1, 0.15) is 45.4 Å². The smallest absolute Gasteiger partial charge is 0.123 e. The maximum Gasteiger partial charge on any atom is 0.123 e. The Morgan fingerprint density at radius 3 is 2.15 bits per heavy atom. The molecule has 1 saturated carbocycles. The van der Waals surface area contributed by atoms with Crippen molar-refractivity contribution in [3.63, 3.8) is 0 Å². The second-order valence-corrected chi connectivity index (χ2v) is 7.34. The quantitative estimate of drug-likeness (QED) is 0.486. The maximum atomic E-state index is 13.0. The van der Waals surface area contributed by atoms with Crippen LogP contribution in [0.2, 0.25) is 0 Å². The number of hydrogen-bond donors (Lipinski definition) is 0. The molecule has 2 aromatic rings. The van der Waals surface area contributed by atoms with Crippen LogP contribution in [0, 0.1) is 17.7 Å². The van der Waals surface area contributed by atoms with Gasteiger partial charge in [-0.3, -0.25) is 0 Å². The first kappa shape index (κ1) is 18.7. The van der Waals surface area contributed by atoms with E-state index >= 15 is 0 Å². The van der Waals surface area contributed by atoms with Crippen molar-refractivity contribution in [3.05, 3.63) is 66.5 Å². The lowest BCUT2D eigenvalue weighted by Gasteiger charge is -2.26. The van der Waals surface area contributed by atoms with E-state index in [4.69, 9.17) is 4.74 Å². The highest BCUT2D eigenvalue weighted by molar-refractivity contribution is 5.63. The van der Waals surface area contributed by atoms with Crippen molar-refractivity contribution in [2.75, 3.05) is 6.61 Å². The van der Waals surface area contributed by atoms with Crippen LogP contribution < -0.4 is 4.74 Å². The third kappa shape index (κ3) is 5.45. The van der Waals surface area contributed by atoms with Crippen molar-refractivity contribution in [2.45, 2.75) is 45.4 Å². The van der Waals surface area contributed by atoms with Crippen molar-refractivity contribution >= 4 is 0 Å². The standard InChI is InChI=1S/C24H29FO/c1-2-4-19-6-8-20(9-7-19)5-3-18-26-24-16-12-22(13-17-24)21-10-14-23(25)15-11-21/h3,5,10-17,19-20H,2,4,6-9,18H2,1H3. The van der Waals surface area contributed by atoms with Gasteiger partial charge in [-0.1, -0.05) is 56.2 Å². The topological polar surface area (TPSA) is 9.23 Å². The Labute approximate surface area is 156 Å². The summed E-state index contributed by atoms with van der Waals surface area (Å²) >= 11 is 0. The Morgan fingerprint density at radius 2 is 1.54 bits per heavy atom. The Balaban J connectivity index is 1.43. The van der Waals surface area contributed by atoms with Crippen LogP contribution in [-0.4, -0.2) is 6.61 Å². The molecule has 2 aromatic carbocycles. The molecule has 1 nitrogen and oxygen atoms in total. The molecule has 2 heteroatoms. The fourth-order valence-electron chi connectivity index (χ4n) is 3.86. The molecule has 3 rings (SSSR count). The summed E-state index contributed by atoms with van der Waals surface area (Å²) in [5.41, 5.74) is 2.08. The molecule has 1 aliphatic carbocycles. The minimum atomic E-state index is -0.209. The fourth-order valence-corrected chi connectivity index (χ4v) is 3.86. The molecular weight excluding hydrogens is 323 g/mol. The van der Waals surface area contributed by atoms with Crippen molar-refractivity contribution in [1.82, 2.24) is 0 Å². The van der Waals surface area contributed by atoms with Gasteiger partial charge in [0.1, 0.15) is 18.2 Å². The van der Waals surface area contributed by atoms with Crippen molar-refractivity contribution in [2.24, 2.45) is 11.8 Å². The van der Waals surface area contributed by atoms with Crippen molar-refractivity contribution in [1.29, 1.82) is 0 Å². The minimum Gasteiger partial charge on any atom is -0.490 e. The number of benzene rings is 2. The average Bonchev–Trinajstić information content (AvgIpc) is 2.68. The molecule has 26 heavy (non-hydrogen) atoms. The molecule has 0 aliphatic heterocycles. The summed E-state index contributed by atoms with van der Waals surface area (Å²) in [6, 6.07) is 14.5. The highest BCUT2D eigenvalue weighted by atomic mass is 19.1. The summed E-state index contributed by atoms with van der Waals surface area (Å²) in [6.45, 7) is 2.90. The molecular formula is C24H29FO. The first-order valence-electron chi connectivity index (χ1n) is 9.90. The van der Waals surface area contributed by atoms with Gasteiger partial charge < -0.3 is 4.74 Å². The van der Waals surface area contributed by atoms with Crippen molar-refractivity contribution < 1.29 is 9.13 Å². The van der Waals surface area contributed by atoms with E-state index in [-0.39, 0.29) is 5.82 Å². The number of hydrogen-bond acceptors (Lipinski definition) is 1. The molecule has 0 unspecified atom stereocenters. The Kier molecular flexibility index (Phi) is 6.88. The second-order valence-electron chi connectivity index (χ2n) is 7.34. The van der Waals surface area contributed by atoms with E-state index in [9.17, 15) is 4.39 Å². The lowest BCUT2D eigenvalue weighted by atomic mass is 9.80. The second kappa shape index (κ2) is 9.56. The highest BCUT2D eigenvalue weighted by Gasteiger charge is 2.18. The Morgan fingerprint density at radius 1 is 0.923 bits per heavy atom. The first-order chi connectivity index (χ1) is 12.7. The Bertz CT molecular complexity index is 679. The van der Waals surface area contributed by atoms with E-state index in [1.54, 1.807) is 12.1 Å². The number of rotatable bonds is 7. The van der Waals surface area contributed by atoms with Crippen LogP contribution in [0.4, 0.5) is 4.39 Å². The van der Waals surface area contributed by atoms with Gasteiger partial charge in [0.25, 0.3) is 0 Å². The molecule has 1 fully saturated rings. The van der Waals surface area contributed by atoms with Crippen LogP contribution in [0.5, 0.6) is 5.75 Å². The molecule has 0 spiro atoms. The van der Waals surface area contributed by atoms with E-state index in [0.29, 0.717) is 6.61 Å². The van der Waals surface area contributed by atoms with Gasteiger partial charge >= 0.3 is 0 Å². The number of ether oxygens (including phenoxy) is 1. The third-order valence-electron chi connectivity index (χ3n) is 5.37. The van der Waals surface area contributed by atoms with Gasteiger partial charge in [-0.15, -0.1) is 0 Å². The molecule has 0 bridgehead atoms. The molecule has 0 atom stereocenters. The van der Waals surface area contributed by atoms with E-state index in [1.165, 1.54) is 50.7 Å². The van der Waals surface area contributed by atoms with Crippen LogP contribution in [0.25, 0.3) is 11.1 Å². The Hall–Kier alpha value is -2.09. The summed E-state index contributed by atoms with van der Waals surface area (Å²) < 4.78 is 18.8. The number of halogens is 1. The van der Waals surface area contributed by atoms with Gasteiger partial charge in [0.2, 0.25) is 0 Å². The maximum absolute atomic E-state index is 13.0. The summed E-state index contributed by atoms with van der Waals surface area (Å²) in [5.74, 6) is 2.35. The summed E-state index contributed by atoms with van der Waals surface area (Å²) in [4.78, 5) is 0. The molecule has 0 amide bonds. The van der Waals surface area contributed by atoms with E-state index in [0.717, 1.165) is 28.7 Å². The molecule has 138 valence electrons. The van der Waals surface area contributed by atoms with E-state index in [2.05, 4.69) is 19.1 Å². The van der Waals surface area contributed by atoms with Gasteiger partial charge in [-0.25, -0.2) is 4.39 Å². The highest BCUT2D eigenvalue weighted by Crippen LogP contribution is 2.32. The lowest BCUT2D eigenvalue weighted by Crippen LogP contribution is -2.13. The zero-order valence-electron chi connectivity index (χ0n) is 15.7. The van der Waals surface area contributed by atoms with Gasteiger partial charge in [0.15, 0.2) is 0 Å². The zero-order valence-corrected chi connectivity index (χ0v) is 15.7. The monoisotopic (exact) mass is 352 g/mol. The normalized spacial score (nSPS) is 20.4. The predicted molar refractivity (Wildman–Crippen MR) is 107 cm³/mol. The molecule has 0 heterocycles. The van der Waals surface area contributed by atoms with Gasteiger partial charge in [0.05, 0.1) is 0 Å². The lowest BCUT2D eigenvalue weighted by molar-refractivity contribution is 0.292. The third-order valence-corrected chi connectivity index (χ3v) is 5.37. The van der Waals surface area contributed by atoms with Gasteiger partial charge in [-0.2, -0.15) is 0 Å². The number of allylic oxidation sites excluding steroid dienone is 1. The van der Waals surface area contributed by atoms with Crippen LogP contribution in [-0.2, 0) is 0 Å². The first-order valence-corrected chi connectivity index (χ1v) is 9.90. The molecule has 1 aliphatic rings. The molecule has 0 radical (unpaired) electrons. The van der Waals surface area contributed by atoms with Crippen LogP contribution in [0.3, 0.4) is 0 Å².